The molecule has 0 bridgehead atoms. The second kappa shape index (κ2) is 3.90. The van der Waals surface area contributed by atoms with Crippen LogP contribution in [0.3, 0.4) is 0 Å². The number of rotatable bonds is 3. The van der Waals surface area contributed by atoms with Gasteiger partial charge >= 0.3 is 0 Å². The molecule has 0 saturated carbocycles. The molecule has 0 fully saturated rings. The van der Waals surface area contributed by atoms with Gasteiger partial charge in [-0.05, 0) is 31.0 Å². The predicted molar refractivity (Wildman–Crippen MR) is 52.0 cm³/mol. The summed E-state index contributed by atoms with van der Waals surface area (Å²) in [7, 11) is 0. The molecule has 1 N–H and O–H groups in total. The molecule has 0 unspecified atom stereocenters. The third-order valence-electron chi connectivity index (χ3n) is 1.73. The van der Waals surface area contributed by atoms with Crippen LogP contribution in [0.4, 0.5) is 0 Å². The van der Waals surface area contributed by atoms with Crippen molar-refractivity contribution in [3.05, 3.63) is 41.5 Å². The highest BCUT2D eigenvalue weighted by Gasteiger charge is 2.00. The Morgan fingerprint density at radius 2 is 2.31 bits per heavy atom. The van der Waals surface area contributed by atoms with Crippen molar-refractivity contribution in [2.24, 2.45) is 0 Å². The lowest BCUT2D eigenvalue weighted by atomic mass is 10.1. The standard InChI is InChI=1S/C11H12O2/c1-8(2)5-9-3-4-10(7-12)11(13)6-9/h3-4,6-7,13H,1,5H2,2H3. The van der Waals surface area contributed by atoms with Crippen molar-refractivity contribution in [2.45, 2.75) is 13.3 Å². The van der Waals surface area contributed by atoms with E-state index in [0.717, 1.165) is 17.6 Å². The van der Waals surface area contributed by atoms with E-state index in [1.165, 1.54) is 0 Å². The van der Waals surface area contributed by atoms with Gasteiger partial charge in [0.1, 0.15) is 5.75 Å². The average molecular weight is 176 g/mol. The van der Waals surface area contributed by atoms with Crippen LogP contribution in [0.1, 0.15) is 22.8 Å². The molecule has 1 aromatic carbocycles. The van der Waals surface area contributed by atoms with E-state index in [4.69, 9.17) is 0 Å². The van der Waals surface area contributed by atoms with E-state index in [2.05, 4.69) is 6.58 Å². The maximum absolute atomic E-state index is 10.4. The van der Waals surface area contributed by atoms with E-state index in [9.17, 15) is 9.90 Å². The van der Waals surface area contributed by atoms with Crippen molar-refractivity contribution < 1.29 is 9.90 Å². The lowest BCUT2D eigenvalue weighted by Crippen LogP contribution is -1.88. The Kier molecular flexibility index (Phi) is 2.85. The maximum atomic E-state index is 10.4. The van der Waals surface area contributed by atoms with Gasteiger partial charge in [-0.15, -0.1) is 0 Å². The molecule has 0 amide bonds. The number of phenolic OH excluding ortho intramolecular Hbond substituents is 1. The summed E-state index contributed by atoms with van der Waals surface area (Å²) in [5.41, 5.74) is 2.32. The van der Waals surface area contributed by atoms with Gasteiger partial charge in [0, 0.05) is 0 Å². The summed E-state index contributed by atoms with van der Waals surface area (Å²) in [6, 6.07) is 5.02. The monoisotopic (exact) mass is 176 g/mol. The fraction of sp³-hybridized carbons (Fsp3) is 0.182. The second-order valence-electron chi connectivity index (χ2n) is 3.14. The molecule has 0 atom stereocenters. The van der Waals surface area contributed by atoms with Crippen LogP contribution in [0.2, 0.25) is 0 Å². The molecule has 2 nitrogen and oxygen atoms in total. The lowest BCUT2D eigenvalue weighted by Gasteiger charge is -2.02. The van der Waals surface area contributed by atoms with Gasteiger partial charge < -0.3 is 5.11 Å². The van der Waals surface area contributed by atoms with Crippen LogP contribution in [0.25, 0.3) is 0 Å². The van der Waals surface area contributed by atoms with Crippen LogP contribution in [0, 0.1) is 0 Å². The summed E-state index contributed by atoms with van der Waals surface area (Å²) < 4.78 is 0. The van der Waals surface area contributed by atoms with Gasteiger partial charge in [0.2, 0.25) is 0 Å². The number of carbonyl (C=O) groups is 1. The molecule has 1 rings (SSSR count). The molecule has 0 aliphatic carbocycles. The van der Waals surface area contributed by atoms with Gasteiger partial charge in [0.15, 0.2) is 6.29 Å². The number of phenols is 1. The minimum absolute atomic E-state index is 0.0359. The lowest BCUT2D eigenvalue weighted by molar-refractivity contribution is 0.112. The van der Waals surface area contributed by atoms with Crippen molar-refractivity contribution in [3.63, 3.8) is 0 Å². The SMILES string of the molecule is C=C(C)Cc1ccc(C=O)c(O)c1. The quantitative estimate of drug-likeness (QED) is 0.567. The first kappa shape index (κ1) is 9.52. The Bertz CT molecular complexity index is 340. The van der Waals surface area contributed by atoms with Crippen LogP contribution in [-0.2, 0) is 6.42 Å². The Morgan fingerprint density at radius 1 is 1.62 bits per heavy atom. The van der Waals surface area contributed by atoms with E-state index < -0.39 is 0 Å². The van der Waals surface area contributed by atoms with Crippen LogP contribution < -0.4 is 0 Å². The van der Waals surface area contributed by atoms with E-state index >= 15 is 0 Å². The highest BCUT2D eigenvalue weighted by atomic mass is 16.3. The second-order valence-corrected chi connectivity index (χ2v) is 3.14. The molecule has 1 aromatic rings. The molecule has 0 heterocycles. The van der Waals surface area contributed by atoms with Crippen molar-refractivity contribution in [3.8, 4) is 5.75 Å². The summed E-state index contributed by atoms with van der Waals surface area (Å²) in [5, 5.41) is 9.34. The minimum Gasteiger partial charge on any atom is -0.507 e. The van der Waals surface area contributed by atoms with Crippen LogP contribution in [-0.4, -0.2) is 11.4 Å². The highest BCUT2D eigenvalue weighted by Crippen LogP contribution is 2.18. The van der Waals surface area contributed by atoms with Crippen molar-refractivity contribution in [1.82, 2.24) is 0 Å². The molecule has 0 saturated heterocycles. The van der Waals surface area contributed by atoms with E-state index in [1.54, 1.807) is 12.1 Å². The zero-order valence-electron chi connectivity index (χ0n) is 7.58. The van der Waals surface area contributed by atoms with E-state index in [-0.39, 0.29) is 5.75 Å². The summed E-state index contributed by atoms with van der Waals surface area (Å²) in [6.07, 6.45) is 1.37. The fourth-order valence-corrected chi connectivity index (χ4v) is 1.15. The third kappa shape index (κ3) is 2.44. The Labute approximate surface area is 77.5 Å². The number of benzene rings is 1. The van der Waals surface area contributed by atoms with E-state index in [0.29, 0.717) is 11.8 Å². The smallest absolute Gasteiger partial charge is 0.153 e. The average Bonchev–Trinajstić information content (AvgIpc) is 2.03. The van der Waals surface area contributed by atoms with Crippen molar-refractivity contribution in [1.29, 1.82) is 0 Å². The van der Waals surface area contributed by atoms with Crippen LogP contribution >= 0.6 is 0 Å². The molecule has 0 aliphatic rings. The van der Waals surface area contributed by atoms with Crippen LogP contribution in [0.5, 0.6) is 5.75 Å². The minimum atomic E-state index is 0.0359. The summed E-state index contributed by atoms with van der Waals surface area (Å²) in [4.78, 5) is 10.4. The first-order valence-electron chi connectivity index (χ1n) is 4.05. The summed E-state index contributed by atoms with van der Waals surface area (Å²) in [6.45, 7) is 5.69. The number of aromatic hydroxyl groups is 1. The number of hydrogen-bond acceptors (Lipinski definition) is 2. The number of allylic oxidation sites excluding steroid dienone is 1. The Morgan fingerprint density at radius 3 is 2.77 bits per heavy atom. The molecule has 2 heteroatoms. The molecule has 68 valence electrons. The molecule has 13 heavy (non-hydrogen) atoms. The first-order valence-corrected chi connectivity index (χ1v) is 4.05. The number of carbonyl (C=O) groups excluding carboxylic acids is 1. The molecular formula is C11H12O2. The summed E-state index contributed by atoms with van der Waals surface area (Å²) >= 11 is 0. The maximum Gasteiger partial charge on any atom is 0.153 e. The largest absolute Gasteiger partial charge is 0.507 e. The molecular weight excluding hydrogens is 164 g/mol. The third-order valence-corrected chi connectivity index (χ3v) is 1.73. The topological polar surface area (TPSA) is 37.3 Å². The van der Waals surface area contributed by atoms with Crippen molar-refractivity contribution >= 4 is 6.29 Å². The Balaban J connectivity index is 2.95. The molecule has 0 aliphatic heterocycles. The van der Waals surface area contributed by atoms with Crippen LogP contribution in [0.15, 0.2) is 30.4 Å². The van der Waals surface area contributed by atoms with E-state index in [1.807, 2.05) is 13.0 Å². The normalized spacial score (nSPS) is 9.62. The predicted octanol–water partition coefficient (Wildman–Crippen LogP) is 2.32. The number of aldehydes is 1. The molecule has 0 aromatic heterocycles. The van der Waals surface area contributed by atoms with Gasteiger partial charge in [-0.1, -0.05) is 18.2 Å². The fourth-order valence-electron chi connectivity index (χ4n) is 1.15. The highest BCUT2D eigenvalue weighted by molar-refractivity contribution is 5.79. The zero-order valence-corrected chi connectivity index (χ0v) is 7.58. The molecule has 0 radical (unpaired) electrons. The Hall–Kier alpha value is -1.57. The van der Waals surface area contributed by atoms with Gasteiger partial charge in [-0.25, -0.2) is 0 Å². The first-order chi connectivity index (χ1) is 6.13. The van der Waals surface area contributed by atoms with Gasteiger partial charge in [-0.2, -0.15) is 0 Å². The van der Waals surface area contributed by atoms with Crippen molar-refractivity contribution in [2.75, 3.05) is 0 Å². The summed E-state index contributed by atoms with van der Waals surface area (Å²) in [5.74, 6) is 0.0359. The molecule has 0 spiro atoms. The van der Waals surface area contributed by atoms with Gasteiger partial charge in [-0.3, -0.25) is 4.79 Å². The number of hydrogen-bond donors (Lipinski definition) is 1. The zero-order chi connectivity index (χ0) is 9.84. The van der Waals surface area contributed by atoms with Gasteiger partial charge in [0.25, 0.3) is 0 Å². The van der Waals surface area contributed by atoms with Gasteiger partial charge in [0.05, 0.1) is 5.56 Å².